The van der Waals surface area contributed by atoms with Gasteiger partial charge in [-0.1, -0.05) is 11.6 Å². The molecule has 0 fully saturated rings. The quantitative estimate of drug-likeness (QED) is 0.624. The Labute approximate surface area is 96.3 Å². The van der Waals surface area contributed by atoms with Crippen LogP contribution in [0.1, 0.15) is 0 Å². The molecule has 2 aromatic rings. The lowest BCUT2D eigenvalue weighted by atomic mass is 10.3. The number of nitrogen functional groups attached to an aromatic ring is 1. The molecule has 0 spiro atoms. The lowest BCUT2D eigenvalue weighted by Gasteiger charge is -2.06. The molecule has 1 aromatic carbocycles. The fraction of sp³-hybridized carbons (Fsp3) is 0. The second-order valence-electron chi connectivity index (χ2n) is 3.08. The van der Waals surface area contributed by atoms with Crippen molar-refractivity contribution in [2.45, 2.75) is 0 Å². The van der Waals surface area contributed by atoms with Crippen LogP contribution in [-0.4, -0.2) is 9.97 Å². The summed E-state index contributed by atoms with van der Waals surface area (Å²) < 4.78 is 12.8. The zero-order valence-corrected chi connectivity index (χ0v) is 8.87. The second-order valence-corrected chi connectivity index (χ2v) is 3.49. The van der Waals surface area contributed by atoms with Crippen molar-refractivity contribution in [3.63, 3.8) is 0 Å². The molecule has 0 atom stereocenters. The van der Waals surface area contributed by atoms with Gasteiger partial charge in [0.2, 0.25) is 0 Å². The molecular formula is C10H8ClFN4. The number of aromatic nitrogens is 2. The minimum atomic E-state index is -0.831. The van der Waals surface area contributed by atoms with Crippen molar-refractivity contribution in [1.82, 2.24) is 9.97 Å². The Bertz CT molecular complexity index is 501. The summed E-state index contributed by atoms with van der Waals surface area (Å²) in [5, 5.41) is 3.11. The third-order valence-corrected chi connectivity index (χ3v) is 2.16. The molecule has 0 amide bonds. The van der Waals surface area contributed by atoms with Gasteiger partial charge >= 0.3 is 6.08 Å². The van der Waals surface area contributed by atoms with Gasteiger partial charge in [0.1, 0.15) is 5.02 Å². The van der Waals surface area contributed by atoms with Crippen LogP contribution in [0.5, 0.6) is 0 Å². The maximum atomic E-state index is 12.8. The lowest BCUT2D eigenvalue weighted by molar-refractivity contribution is 0.540. The average Bonchev–Trinajstić information content (AvgIpc) is 2.27. The van der Waals surface area contributed by atoms with Gasteiger partial charge in [-0.05, 0) is 24.3 Å². The number of anilines is 3. The molecule has 0 saturated carbocycles. The molecule has 3 N–H and O–H groups in total. The average molecular weight is 239 g/mol. The largest absolute Gasteiger partial charge is 0.399 e. The van der Waals surface area contributed by atoms with Crippen LogP contribution in [0.15, 0.2) is 30.5 Å². The summed E-state index contributed by atoms with van der Waals surface area (Å²) >= 11 is 5.80. The van der Waals surface area contributed by atoms with E-state index in [2.05, 4.69) is 15.3 Å². The Kier molecular flexibility index (Phi) is 2.87. The molecule has 2 rings (SSSR count). The Balaban J connectivity index is 2.26. The van der Waals surface area contributed by atoms with Gasteiger partial charge in [-0.3, -0.25) is 0 Å². The molecule has 1 aromatic heterocycles. The van der Waals surface area contributed by atoms with Crippen LogP contribution in [0.25, 0.3) is 0 Å². The first-order chi connectivity index (χ1) is 7.65. The lowest BCUT2D eigenvalue weighted by Crippen LogP contribution is -1.98. The van der Waals surface area contributed by atoms with Crippen LogP contribution < -0.4 is 11.1 Å². The van der Waals surface area contributed by atoms with Gasteiger partial charge in [0.05, 0.1) is 6.20 Å². The summed E-state index contributed by atoms with van der Waals surface area (Å²) in [6.07, 6.45) is 0.367. The molecule has 0 aliphatic rings. The van der Waals surface area contributed by atoms with E-state index in [0.717, 1.165) is 0 Å². The second kappa shape index (κ2) is 4.32. The van der Waals surface area contributed by atoms with Crippen molar-refractivity contribution in [1.29, 1.82) is 0 Å². The van der Waals surface area contributed by atoms with Gasteiger partial charge in [0.25, 0.3) is 0 Å². The molecular weight excluding hydrogens is 231 g/mol. The third-order valence-electron chi connectivity index (χ3n) is 1.89. The van der Waals surface area contributed by atoms with Gasteiger partial charge in [0.15, 0.2) is 5.82 Å². The van der Waals surface area contributed by atoms with Crippen molar-refractivity contribution < 1.29 is 4.39 Å². The normalized spacial score (nSPS) is 10.1. The third kappa shape index (κ3) is 2.38. The highest BCUT2D eigenvalue weighted by Crippen LogP contribution is 2.22. The fourth-order valence-corrected chi connectivity index (χ4v) is 1.27. The predicted octanol–water partition coefficient (Wildman–Crippen LogP) is 2.59. The van der Waals surface area contributed by atoms with Crippen LogP contribution in [0.2, 0.25) is 5.02 Å². The summed E-state index contributed by atoms with van der Waals surface area (Å²) in [4.78, 5) is 6.86. The van der Waals surface area contributed by atoms with Crippen molar-refractivity contribution in [2.24, 2.45) is 0 Å². The van der Waals surface area contributed by atoms with E-state index in [9.17, 15) is 4.39 Å². The highest BCUT2D eigenvalue weighted by molar-refractivity contribution is 6.32. The van der Waals surface area contributed by atoms with E-state index in [1.807, 2.05) is 0 Å². The van der Waals surface area contributed by atoms with E-state index < -0.39 is 6.08 Å². The van der Waals surface area contributed by atoms with Crippen LogP contribution in [0.4, 0.5) is 21.6 Å². The molecule has 1 heterocycles. The van der Waals surface area contributed by atoms with Crippen LogP contribution in [-0.2, 0) is 0 Å². The van der Waals surface area contributed by atoms with Crippen LogP contribution in [0.3, 0.4) is 0 Å². The minimum absolute atomic E-state index is 0.221. The number of hydrogen-bond donors (Lipinski definition) is 2. The summed E-state index contributed by atoms with van der Waals surface area (Å²) in [5.74, 6) is 0.221. The molecule has 4 nitrogen and oxygen atoms in total. The zero-order valence-electron chi connectivity index (χ0n) is 8.11. The first kappa shape index (κ1) is 10.6. The molecule has 0 radical (unpaired) electrons. The number of nitrogens with one attached hydrogen (secondary N) is 1. The van der Waals surface area contributed by atoms with Crippen LogP contribution >= 0.6 is 11.6 Å². The maximum absolute atomic E-state index is 12.8. The number of nitrogens with two attached hydrogens (primary N) is 1. The van der Waals surface area contributed by atoms with E-state index in [0.29, 0.717) is 11.4 Å². The molecule has 82 valence electrons. The summed E-state index contributed by atoms with van der Waals surface area (Å²) in [7, 11) is 0. The number of halogens is 2. The Morgan fingerprint density at radius 2 is 1.94 bits per heavy atom. The molecule has 0 aliphatic carbocycles. The van der Waals surface area contributed by atoms with Gasteiger partial charge in [-0.15, -0.1) is 0 Å². The van der Waals surface area contributed by atoms with Crippen molar-refractivity contribution >= 4 is 28.8 Å². The SMILES string of the molecule is Nc1ccc(Nc2nc(F)ncc2Cl)cc1. The molecule has 0 aliphatic heterocycles. The summed E-state index contributed by atoms with van der Waals surface area (Å²) in [6.45, 7) is 0. The zero-order chi connectivity index (χ0) is 11.5. The van der Waals surface area contributed by atoms with Crippen LogP contribution in [0, 0.1) is 6.08 Å². The Morgan fingerprint density at radius 1 is 1.25 bits per heavy atom. The molecule has 6 heteroatoms. The van der Waals surface area contributed by atoms with Gasteiger partial charge < -0.3 is 11.1 Å². The molecule has 16 heavy (non-hydrogen) atoms. The number of hydrogen-bond acceptors (Lipinski definition) is 4. The van der Waals surface area contributed by atoms with Crippen molar-refractivity contribution in [3.8, 4) is 0 Å². The molecule has 0 saturated heterocycles. The summed E-state index contributed by atoms with van der Waals surface area (Å²) in [6, 6.07) is 6.92. The fourth-order valence-electron chi connectivity index (χ4n) is 1.14. The number of rotatable bonds is 2. The Morgan fingerprint density at radius 3 is 2.62 bits per heavy atom. The number of nitrogens with zero attached hydrogens (tertiary/aromatic N) is 2. The topological polar surface area (TPSA) is 63.8 Å². The summed E-state index contributed by atoms with van der Waals surface area (Å²) in [5.41, 5.74) is 6.90. The van der Waals surface area contributed by atoms with Gasteiger partial charge in [-0.25, -0.2) is 4.98 Å². The van der Waals surface area contributed by atoms with E-state index in [1.54, 1.807) is 24.3 Å². The highest BCUT2D eigenvalue weighted by Gasteiger charge is 2.04. The maximum Gasteiger partial charge on any atom is 0.310 e. The first-order valence-corrected chi connectivity index (χ1v) is 4.83. The Hall–Kier alpha value is -1.88. The van der Waals surface area contributed by atoms with Crippen molar-refractivity contribution in [3.05, 3.63) is 41.6 Å². The smallest absolute Gasteiger partial charge is 0.310 e. The standard InChI is InChI=1S/C10H8ClFN4/c11-8-5-14-10(12)16-9(8)15-7-3-1-6(13)2-4-7/h1-5H,13H2,(H,14,15,16). The minimum Gasteiger partial charge on any atom is -0.399 e. The number of benzene rings is 1. The first-order valence-electron chi connectivity index (χ1n) is 4.46. The predicted molar refractivity (Wildman–Crippen MR) is 61.1 cm³/mol. The van der Waals surface area contributed by atoms with E-state index in [4.69, 9.17) is 17.3 Å². The van der Waals surface area contributed by atoms with E-state index >= 15 is 0 Å². The molecule has 0 unspecified atom stereocenters. The van der Waals surface area contributed by atoms with E-state index in [1.165, 1.54) is 6.20 Å². The van der Waals surface area contributed by atoms with E-state index in [-0.39, 0.29) is 10.8 Å². The highest BCUT2D eigenvalue weighted by atomic mass is 35.5. The van der Waals surface area contributed by atoms with Gasteiger partial charge in [0, 0.05) is 11.4 Å². The molecule has 0 bridgehead atoms. The van der Waals surface area contributed by atoms with Crippen molar-refractivity contribution in [2.75, 3.05) is 11.1 Å². The van der Waals surface area contributed by atoms with Gasteiger partial charge in [-0.2, -0.15) is 9.37 Å². The monoisotopic (exact) mass is 238 g/mol.